The molecule has 1 heterocycles. The monoisotopic (exact) mass is 151 g/mol. The van der Waals surface area contributed by atoms with Gasteiger partial charge in [-0.2, -0.15) is 0 Å². The van der Waals surface area contributed by atoms with E-state index in [1.54, 1.807) is 6.92 Å². The van der Waals surface area contributed by atoms with Crippen molar-refractivity contribution in [2.24, 2.45) is 0 Å². The zero-order valence-electron chi connectivity index (χ0n) is 6.07. The van der Waals surface area contributed by atoms with Crippen molar-refractivity contribution >= 4 is 5.69 Å². The van der Waals surface area contributed by atoms with E-state index < -0.39 is 4.92 Å². The van der Waals surface area contributed by atoms with Crippen LogP contribution in [0.25, 0.3) is 0 Å². The van der Waals surface area contributed by atoms with Gasteiger partial charge in [-0.3, -0.25) is 15.1 Å². The van der Waals surface area contributed by atoms with Crippen LogP contribution in [0.4, 0.5) is 5.69 Å². The maximum Gasteiger partial charge on any atom is 0.275 e. The third-order valence-corrected chi connectivity index (χ3v) is 1.48. The van der Waals surface area contributed by atoms with Crippen LogP contribution in [-0.4, -0.2) is 9.91 Å². The van der Waals surface area contributed by atoms with E-state index in [0.717, 1.165) is 0 Å². The first kappa shape index (κ1) is 7.65. The second-order valence-corrected chi connectivity index (χ2v) is 2.16. The van der Waals surface area contributed by atoms with Crippen LogP contribution in [-0.2, 0) is 0 Å². The number of hydrogen-bond acceptors (Lipinski definition) is 3. The summed E-state index contributed by atoms with van der Waals surface area (Å²) in [7, 11) is 0. The average molecular weight is 151 g/mol. The lowest BCUT2D eigenvalue weighted by Crippen LogP contribution is -1.94. The Morgan fingerprint density at radius 1 is 1.73 bits per heavy atom. The predicted octanol–water partition coefficient (Wildman–Crippen LogP) is 1.48. The average Bonchev–Trinajstić information content (AvgIpc) is 1.94. The Morgan fingerprint density at radius 3 is 2.82 bits per heavy atom. The summed E-state index contributed by atoms with van der Waals surface area (Å²) >= 11 is 0. The van der Waals surface area contributed by atoms with Crippen molar-refractivity contribution in [3.8, 4) is 0 Å². The van der Waals surface area contributed by atoms with Crippen molar-refractivity contribution in [3.63, 3.8) is 0 Å². The molecule has 4 nitrogen and oxygen atoms in total. The van der Waals surface area contributed by atoms with Crippen LogP contribution < -0.4 is 0 Å². The van der Waals surface area contributed by atoms with Gasteiger partial charge < -0.3 is 0 Å². The molecule has 0 amide bonds. The van der Waals surface area contributed by atoms with Gasteiger partial charge in [0.05, 0.1) is 10.6 Å². The summed E-state index contributed by atoms with van der Waals surface area (Å²) in [5, 5.41) is 10.3. The predicted molar refractivity (Wildman–Crippen MR) is 40.1 cm³/mol. The smallest absolute Gasteiger partial charge is 0.261 e. The lowest BCUT2D eigenvalue weighted by atomic mass is 10.2. The molecule has 0 aliphatic heterocycles. The maximum atomic E-state index is 10.3. The minimum absolute atomic E-state index is 0.0741. The van der Waals surface area contributed by atoms with Gasteiger partial charge in [-0.15, -0.1) is 0 Å². The van der Waals surface area contributed by atoms with Gasteiger partial charge in [-0.25, -0.2) is 0 Å². The van der Waals surface area contributed by atoms with Crippen LogP contribution in [0.2, 0.25) is 0 Å². The van der Waals surface area contributed by atoms with Gasteiger partial charge in [0.2, 0.25) is 0 Å². The topological polar surface area (TPSA) is 56.0 Å². The molecular formula is C7H7N2O2. The highest BCUT2D eigenvalue weighted by atomic mass is 16.6. The van der Waals surface area contributed by atoms with E-state index >= 15 is 0 Å². The fourth-order valence-corrected chi connectivity index (χ4v) is 0.765. The number of nitrogens with zero attached hydrogens (tertiary/aromatic N) is 2. The van der Waals surface area contributed by atoms with Gasteiger partial charge in [0, 0.05) is 17.8 Å². The summed E-state index contributed by atoms with van der Waals surface area (Å²) < 4.78 is 0. The molecule has 57 valence electrons. The molecule has 0 saturated carbocycles. The first-order valence-corrected chi connectivity index (χ1v) is 3.05. The van der Waals surface area contributed by atoms with E-state index in [1.807, 2.05) is 0 Å². The summed E-state index contributed by atoms with van der Waals surface area (Å²) in [4.78, 5) is 13.7. The van der Waals surface area contributed by atoms with Crippen molar-refractivity contribution in [3.05, 3.63) is 40.6 Å². The van der Waals surface area contributed by atoms with Crippen molar-refractivity contribution in [1.82, 2.24) is 4.98 Å². The van der Waals surface area contributed by atoms with Crippen molar-refractivity contribution in [2.75, 3.05) is 0 Å². The lowest BCUT2D eigenvalue weighted by molar-refractivity contribution is -0.385. The molecule has 0 fully saturated rings. The van der Waals surface area contributed by atoms with Crippen LogP contribution in [0, 0.1) is 24.0 Å². The lowest BCUT2D eigenvalue weighted by Gasteiger charge is -1.97. The molecule has 1 aromatic rings. The fourth-order valence-electron chi connectivity index (χ4n) is 0.765. The number of pyridine rings is 1. The minimum atomic E-state index is -0.439. The van der Waals surface area contributed by atoms with Gasteiger partial charge in [0.1, 0.15) is 0 Å². The van der Waals surface area contributed by atoms with Crippen LogP contribution in [0.15, 0.2) is 12.3 Å². The Hall–Kier alpha value is -1.45. The van der Waals surface area contributed by atoms with Gasteiger partial charge >= 0.3 is 0 Å². The number of aromatic nitrogens is 1. The zero-order valence-corrected chi connectivity index (χ0v) is 6.07. The summed E-state index contributed by atoms with van der Waals surface area (Å²) in [6.07, 6.45) is 1.38. The maximum absolute atomic E-state index is 10.3. The minimum Gasteiger partial charge on any atom is -0.261 e. The molecule has 1 aromatic heterocycles. The van der Waals surface area contributed by atoms with E-state index in [4.69, 9.17) is 0 Å². The first-order valence-electron chi connectivity index (χ1n) is 3.05. The summed E-state index contributed by atoms with van der Waals surface area (Å²) in [5.74, 6) is 0. The quantitative estimate of drug-likeness (QED) is 0.451. The number of hydrogen-bond donors (Lipinski definition) is 0. The molecule has 4 heteroatoms. The number of nitro groups is 1. The van der Waals surface area contributed by atoms with Crippen LogP contribution in [0.1, 0.15) is 11.3 Å². The normalized spacial score (nSPS) is 9.64. The van der Waals surface area contributed by atoms with Crippen molar-refractivity contribution in [2.45, 2.75) is 6.92 Å². The third-order valence-electron chi connectivity index (χ3n) is 1.48. The Labute approximate surface area is 64.0 Å². The molecule has 1 rings (SSSR count). The largest absolute Gasteiger partial charge is 0.275 e. The Kier molecular flexibility index (Phi) is 1.85. The molecule has 1 radical (unpaired) electrons. The third kappa shape index (κ3) is 1.34. The SMILES string of the molecule is [CH2]c1nccc([N+](=O)[O-])c1C. The van der Waals surface area contributed by atoms with Gasteiger partial charge in [-0.1, -0.05) is 0 Å². The summed E-state index contributed by atoms with van der Waals surface area (Å²) in [5.41, 5.74) is 1.06. The standard InChI is InChI=1S/C7H7N2O2/c1-5-6(2)8-4-3-7(5)9(10)11/h3-4H,2H2,1H3. The molecule has 0 spiro atoms. The molecule has 0 unspecified atom stereocenters. The molecule has 0 aromatic carbocycles. The zero-order chi connectivity index (χ0) is 8.43. The highest BCUT2D eigenvalue weighted by Crippen LogP contribution is 2.17. The first-order chi connectivity index (χ1) is 5.13. The second kappa shape index (κ2) is 2.65. The van der Waals surface area contributed by atoms with Gasteiger partial charge in [0.15, 0.2) is 0 Å². The number of rotatable bonds is 1. The van der Waals surface area contributed by atoms with E-state index in [0.29, 0.717) is 11.3 Å². The van der Waals surface area contributed by atoms with Crippen molar-refractivity contribution in [1.29, 1.82) is 0 Å². The van der Waals surface area contributed by atoms with E-state index in [1.165, 1.54) is 12.3 Å². The van der Waals surface area contributed by atoms with Crippen molar-refractivity contribution < 1.29 is 4.92 Å². The molecule has 0 aliphatic carbocycles. The Bertz CT molecular complexity index is 296. The van der Waals surface area contributed by atoms with Crippen LogP contribution in [0.5, 0.6) is 0 Å². The van der Waals surface area contributed by atoms with E-state index in [9.17, 15) is 10.1 Å². The Balaban J connectivity index is 3.27. The molecular weight excluding hydrogens is 144 g/mol. The second-order valence-electron chi connectivity index (χ2n) is 2.16. The van der Waals surface area contributed by atoms with Gasteiger partial charge in [0.25, 0.3) is 5.69 Å². The Morgan fingerprint density at radius 2 is 2.36 bits per heavy atom. The summed E-state index contributed by atoms with van der Waals surface area (Å²) in [6, 6.07) is 1.37. The van der Waals surface area contributed by atoms with E-state index in [-0.39, 0.29) is 5.69 Å². The summed E-state index contributed by atoms with van der Waals surface area (Å²) in [6.45, 7) is 5.18. The molecule has 0 aliphatic rings. The van der Waals surface area contributed by atoms with Crippen LogP contribution in [0.3, 0.4) is 0 Å². The van der Waals surface area contributed by atoms with E-state index in [2.05, 4.69) is 11.9 Å². The molecule has 11 heavy (non-hydrogen) atoms. The van der Waals surface area contributed by atoms with Gasteiger partial charge in [-0.05, 0) is 13.8 Å². The highest BCUT2D eigenvalue weighted by Gasteiger charge is 2.10. The highest BCUT2D eigenvalue weighted by molar-refractivity contribution is 5.41. The fraction of sp³-hybridized carbons (Fsp3) is 0.143. The molecule has 0 bridgehead atoms. The molecule has 0 atom stereocenters. The molecule has 0 saturated heterocycles. The van der Waals surface area contributed by atoms with Crippen LogP contribution >= 0.6 is 0 Å². The molecule has 0 N–H and O–H groups in total.